The maximum Gasteiger partial charge on any atom is 0.420 e. The number of nitrogens with one attached hydrogen (secondary N) is 1. The van der Waals surface area contributed by atoms with Gasteiger partial charge in [-0.25, -0.2) is 0 Å². The second kappa shape index (κ2) is 4.38. The second-order valence-electron chi connectivity index (χ2n) is 3.77. The van der Waals surface area contributed by atoms with E-state index in [4.69, 9.17) is 10.5 Å². The van der Waals surface area contributed by atoms with Crippen LogP contribution in [0.15, 0.2) is 18.3 Å². The number of nitrogens with zero attached hydrogens (tertiary/aromatic N) is 1. The van der Waals surface area contributed by atoms with Gasteiger partial charge in [-0.1, -0.05) is 0 Å². The molecule has 1 aromatic heterocycles. The topological polar surface area (TPSA) is 84.2 Å². The normalized spacial score (nSPS) is 11.6. The van der Waals surface area contributed by atoms with E-state index in [1.165, 1.54) is 12.3 Å². The number of alkyl halides is 3. The summed E-state index contributed by atoms with van der Waals surface area (Å²) in [5.41, 5.74) is 4.81. The molecule has 8 heteroatoms. The molecule has 0 saturated carbocycles. The first-order valence-corrected chi connectivity index (χ1v) is 5.12. The number of rotatable bonds is 2. The molecule has 5 nitrogen and oxygen atoms in total. The fourth-order valence-corrected chi connectivity index (χ4v) is 1.66. The number of phenols is 1. The Balaban J connectivity index is 2.68. The van der Waals surface area contributed by atoms with Gasteiger partial charge in [0.15, 0.2) is 11.5 Å². The fraction of sp³-hybridized carbons (Fsp3) is 0.182. The van der Waals surface area contributed by atoms with E-state index in [1.54, 1.807) is 0 Å². The molecule has 1 aromatic carbocycles. The Bertz CT molecular complexity index is 608. The maximum absolute atomic E-state index is 12.8. The van der Waals surface area contributed by atoms with Gasteiger partial charge in [-0.2, -0.15) is 18.3 Å². The van der Waals surface area contributed by atoms with Crippen LogP contribution in [0.25, 0.3) is 11.1 Å². The molecule has 19 heavy (non-hydrogen) atoms. The van der Waals surface area contributed by atoms with E-state index >= 15 is 0 Å². The molecule has 0 fully saturated rings. The lowest BCUT2D eigenvalue weighted by atomic mass is 10.0. The molecular formula is C11H10F3N3O2. The van der Waals surface area contributed by atoms with E-state index in [2.05, 4.69) is 10.2 Å². The summed E-state index contributed by atoms with van der Waals surface area (Å²) in [4.78, 5) is 0. The van der Waals surface area contributed by atoms with Crippen molar-refractivity contribution in [2.45, 2.75) is 6.18 Å². The van der Waals surface area contributed by atoms with Crippen molar-refractivity contribution in [3.8, 4) is 22.6 Å². The molecule has 0 aliphatic rings. The minimum atomic E-state index is -4.70. The summed E-state index contributed by atoms with van der Waals surface area (Å²) >= 11 is 0. The van der Waals surface area contributed by atoms with Gasteiger partial charge in [0.05, 0.1) is 13.3 Å². The summed E-state index contributed by atoms with van der Waals surface area (Å²) in [7, 11) is 1.16. The maximum atomic E-state index is 12.8. The predicted molar refractivity (Wildman–Crippen MR) is 61.7 cm³/mol. The quantitative estimate of drug-likeness (QED) is 0.784. The lowest BCUT2D eigenvalue weighted by Gasteiger charge is -2.14. The average molecular weight is 273 g/mol. The molecule has 4 N–H and O–H groups in total. The molecule has 0 saturated heterocycles. The van der Waals surface area contributed by atoms with Crippen molar-refractivity contribution in [2.24, 2.45) is 0 Å². The van der Waals surface area contributed by atoms with Crippen molar-refractivity contribution >= 4 is 5.82 Å². The number of aromatic hydroxyl groups is 1. The van der Waals surface area contributed by atoms with Crippen molar-refractivity contribution in [3.05, 3.63) is 23.9 Å². The van der Waals surface area contributed by atoms with E-state index in [0.29, 0.717) is 5.56 Å². The summed E-state index contributed by atoms with van der Waals surface area (Å²) in [5.74, 6) is -1.12. The Morgan fingerprint density at radius 2 is 2.05 bits per heavy atom. The van der Waals surface area contributed by atoms with Crippen LogP contribution in [-0.2, 0) is 6.18 Å². The number of nitrogen functional groups attached to an aromatic ring is 1. The van der Waals surface area contributed by atoms with Crippen LogP contribution in [0, 0.1) is 0 Å². The van der Waals surface area contributed by atoms with E-state index in [9.17, 15) is 18.3 Å². The van der Waals surface area contributed by atoms with Crippen LogP contribution in [0.1, 0.15) is 5.56 Å². The van der Waals surface area contributed by atoms with Gasteiger partial charge < -0.3 is 15.6 Å². The molecule has 102 valence electrons. The molecule has 1 heterocycles. The number of halogens is 3. The van der Waals surface area contributed by atoms with Gasteiger partial charge in [-0.05, 0) is 17.7 Å². The van der Waals surface area contributed by atoms with Gasteiger partial charge in [-0.3, -0.25) is 5.10 Å². The molecule has 2 aromatic rings. The zero-order valence-corrected chi connectivity index (χ0v) is 9.75. The fourth-order valence-electron chi connectivity index (χ4n) is 1.66. The highest BCUT2D eigenvalue weighted by Gasteiger charge is 2.36. The first-order valence-electron chi connectivity index (χ1n) is 5.12. The van der Waals surface area contributed by atoms with Crippen molar-refractivity contribution in [2.75, 3.05) is 12.8 Å². The van der Waals surface area contributed by atoms with Crippen molar-refractivity contribution in [1.29, 1.82) is 0 Å². The highest BCUT2D eigenvalue weighted by molar-refractivity contribution is 5.76. The summed E-state index contributed by atoms with van der Waals surface area (Å²) in [5, 5.41) is 15.6. The van der Waals surface area contributed by atoms with Gasteiger partial charge in [-0.15, -0.1) is 0 Å². The molecule has 0 spiro atoms. The lowest BCUT2D eigenvalue weighted by molar-refractivity contribution is -0.138. The van der Waals surface area contributed by atoms with E-state index in [-0.39, 0.29) is 17.1 Å². The Morgan fingerprint density at radius 3 is 2.53 bits per heavy atom. The minimum absolute atomic E-state index is 0.126. The summed E-state index contributed by atoms with van der Waals surface area (Å²) in [6.45, 7) is 0. The zero-order chi connectivity index (χ0) is 14.2. The number of hydrogen-bond donors (Lipinski definition) is 3. The third kappa shape index (κ3) is 2.28. The van der Waals surface area contributed by atoms with E-state index < -0.39 is 17.5 Å². The van der Waals surface area contributed by atoms with Crippen molar-refractivity contribution in [3.63, 3.8) is 0 Å². The molecule has 0 atom stereocenters. The number of hydrogen-bond acceptors (Lipinski definition) is 4. The number of nitrogens with two attached hydrogens (primary N) is 1. The van der Waals surface area contributed by atoms with E-state index in [1.807, 2.05) is 0 Å². The number of ether oxygens (including phenoxy) is 1. The summed E-state index contributed by atoms with van der Waals surface area (Å²) in [6, 6.07) is 2.05. The number of aromatic amines is 1. The predicted octanol–water partition coefficient (Wildman–Crippen LogP) is 2.39. The molecule has 2 rings (SSSR count). The number of benzene rings is 1. The lowest BCUT2D eigenvalue weighted by Crippen LogP contribution is -2.06. The highest BCUT2D eigenvalue weighted by atomic mass is 19.4. The van der Waals surface area contributed by atoms with Crippen LogP contribution >= 0.6 is 0 Å². The highest BCUT2D eigenvalue weighted by Crippen LogP contribution is 2.44. The van der Waals surface area contributed by atoms with Crippen LogP contribution in [0.3, 0.4) is 0 Å². The van der Waals surface area contributed by atoms with E-state index in [0.717, 1.165) is 13.2 Å². The third-order valence-electron chi connectivity index (χ3n) is 2.58. The zero-order valence-electron chi connectivity index (χ0n) is 9.75. The molecule has 0 bridgehead atoms. The molecular weight excluding hydrogens is 263 g/mol. The Kier molecular flexibility index (Phi) is 3.01. The van der Waals surface area contributed by atoms with Crippen molar-refractivity contribution in [1.82, 2.24) is 10.2 Å². The molecule has 0 aliphatic carbocycles. The summed E-state index contributed by atoms with van der Waals surface area (Å²) < 4.78 is 43.2. The van der Waals surface area contributed by atoms with Crippen LogP contribution in [-0.4, -0.2) is 22.4 Å². The van der Waals surface area contributed by atoms with Gasteiger partial charge >= 0.3 is 6.18 Å². The molecule has 0 unspecified atom stereocenters. The third-order valence-corrected chi connectivity index (χ3v) is 2.58. The van der Waals surface area contributed by atoms with Gasteiger partial charge in [0.25, 0.3) is 0 Å². The van der Waals surface area contributed by atoms with Gasteiger partial charge in [0, 0.05) is 5.56 Å². The number of aromatic nitrogens is 2. The second-order valence-corrected chi connectivity index (χ2v) is 3.77. The monoisotopic (exact) mass is 273 g/mol. The summed E-state index contributed by atoms with van der Waals surface area (Å²) in [6.07, 6.45) is -3.41. The molecule has 0 radical (unpaired) electrons. The standard InChI is InChI=1S/C11H10F3N3O2/c1-19-8-3-5(6-4-16-17-10(6)15)2-7(9(8)18)11(12,13)14/h2-4,18H,1H3,(H3,15,16,17). The van der Waals surface area contributed by atoms with Crippen LogP contribution in [0.5, 0.6) is 11.5 Å². The number of methoxy groups -OCH3 is 1. The minimum Gasteiger partial charge on any atom is -0.504 e. The molecule has 0 amide bonds. The Hall–Kier alpha value is -2.38. The van der Waals surface area contributed by atoms with Gasteiger partial charge in [0.2, 0.25) is 0 Å². The van der Waals surface area contributed by atoms with Crippen molar-refractivity contribution < 1.29 is 23.0 Å². The van der Waals surface area contributed by atoms with Crippen LogP contribution in [0.2, 0.25) is 0 Å². The number of H-pyrrole nitrogens is 1. The average Bonchev–Trinajstić information content (AvgIpc) is 2.74. The first-order chi connectivity index (χ1) is 8.84. The van der Waals surface area contributed by atoms with Crippen LogP contribution < -0.4 is 10.5 Å². The Morgan fingerprint density at radius 1 is 1.37 bits per heavy atom. The SMILES string of the molecule is COc1cc(-c2cn[nH]c2N)cc(C(F)(F)F)c1O. The smallest absolute Gasteiger partial charge is 0.420 e. The molecule has 0 aliphatic heterocycles. The Labute approximate surface area is 105 Å². The van der Waals surface area contributed by atoms with Gasteiger partial charge in [0.1, 0.15) is 11.4 Å². The first kappa shape index (κ1) is 13.1. The largest absolute Gasteiger partial charge is 0.504 e. The number of phenolic OH excluding ortho intramolecular Hbond substituents is 1. The number of anilines is 1. The van der Waals surface area contributed by atoms with Crippen LogP contribution in [0.4, 0.5) is 19.0 Å².